The van der Waals surface area contributed by atoms with Gasteiger partial charge in [0.1, 0.15) is 0 Å². The molecule has 0 bridgehead atoms. The van der Waals surface area contributed by atoms with Crippen LogP contribution in [-0.4, -0.2) is 23.1 Å². The normalized spacial score (nSPS) is 10.1. The molecule has 0 aliphatic rings. The fourth-order valence-corrected chi connectivity index (χ4v) is 1.13. The summed E-state index contributed by atoms with van der Waals surface area (Å²) in [5.41, 5.74) is 6.46. The van der Waals surface area contributed by atoms with E-state index in [1.165, 1.54) is 6.08 Å². The highest BCUT2D eigenvalue weighted by molar-refractivity contribution is 6.61. The first-order valence-corrected chi connectivity index (χ1v) is 6.09. The van der Waals surface area contributed by atoms with Crippen molar-refractivity contribution in [3.8, 4) is 0 Å². The average molecular weight is 298 g/mol. The zero-order chi connectivity index (χ0) is 15.4. The highest BCUT2D eigenvalue weighted by Gasteiger charge is 1.86. The Morgan fingerprint density at radius 2 is 1.90 bits per heavy atom. The quantitative estimate of drug-likeness (QED) is 0.385. The number of nitrogen functional groups attached to an aromatic ring is 1. The van der Waals surface area contributed by atoms with Gasteiger partial charge in [-0.25, -0.2) is 9.59 Å². The van der Waals surface area contributed by atoms with Gasteiger partial charge in [0.25, 0.3) is 0 Å². The largest absolute Gasteiger partial charge is 0.478 e. The maximum atomic E-state index is 10.1. The van der Waals surface area contributed by atoms with Crippen molar-refractivity contribution in [3.05, 3.63) is 48.1 Å². The number of benzene rings is 1. The Bertz CT molecular complexity index is 480. The van der Waals surface area contributed by atoms with Crippen LogP contribution in [0.25, 0.3) is 6.08 Å². The number of nitrogens with two attached hydrogens (primary N) is 1. The van der Waals surface area contributed by atoms with Crippen molar-refractivity contribution < 1.29 is 19.4 Å². The van der Waals surface area contributed by atoms with Crippen LogP contribution >= 0.6 is 11.6 Å². The summed E-state index contributed by atoms with van der Waals surface area (Å²) in [7, 11) is 0. The molecule has 0 aromatic heterocycles. The van der Waals surface area contributed by atoms with Crippen LogP contribution < -0.4 is 5.73 Å². The topological polar surface area (TPSA) is 89.6 Å². The second-order valence-corrected chi connectivity index (χ2v) is 3.70. The van der Waals surface area contributed by atoms with Crippen molar-refractivity contribution in [2.24, 2.45) is 0 Å². The molecule has 1 aromatic rings. The lowest BCUT2D eigenvalue weighted by molar-refractivity contribution is -0.131. The molecular formula is C14H16ClNO4. The molecule has 0 spiro atoms. The first kappa shape index (κ1) is 17.7. The number of carbonyl (C=O) groups excluding carboxylic acids is 1. The van der Waals surface area contributed by atoms with Gasteiger partial charge in [-0.3, -0.25) is 0 Å². The Morgan fingerprint density at radius 1 is 1.30 bits per heavy atom. The molecule has 0 heterocycles. The van der Waals surface area contributed by atoms with Gasteiger partial charge in [0, 0.05) is 23.4 Å². The van der Waals surface area contributed by atoms with Gasteiger partial charge >= 0.3 is 11.4 Å². The lowest BCUT2D eigenvalue weighted by Gasteiger charge is -1.93. The molecule has 6 heteroatoms. The Balaban J connectivity index is 0.000000511. The van der Waals surface area contributed by atoms with E-state index >= 15 is 0 Å². The van der Waals surface area contributed by atoms with Gasteiger partial charge in [-0.15, -0.1) is 0 Å². The second kappa shape index (κ2) is 10.6. The van der Waals surface area contributed by atoms with Crippen LogP contribution in [0.3, 0.4) is 0 Å². The minimum atomic E-state index is -0.952. The Morgan fingerprint density at radius 3 is 2.30 bits per heavy atom. The van der Waals surface area contributed by atoms with Gasteiger partial charge in [0.2, 0.25) is 0 Å². The van der Waals surface area contributed by atoms with E-state index in [9.17, 15) is 9.59 Å². The Labute approximate surface area is 122 Å². The van der Waals surface area contributed by atoms with Crippen LogP contribution in [0.4, 0.5) is 10.5 Å². The maximum Gasteiger partial charge on any atom is 0.403 e. The fraction of sp³-hybridized carbons (Fsp3) is 0.143. The lowest BCUT2D eigenvalue weighted by Crippen LogP contribution is -1.89. The van der Waals surface area contributed by atoms with E-state index in [1.807, 2.05) is 12.1 Å². The average Bonchev–Trinajstić information content (AvgIpc) is 2.37. The number of carbonyl (C=O) groups is 2. The highest BCUT2D eigenvalue weighted by Crippen LogP contribution is 2.06. The number of carboxylic acid groups (broad SMARTS) is 1. The van der Waals surface area contributed by atoms with Crippen molar-refractivity contribution in [2.45, 2.75) is 6.92 Å². The van der Waals surface area contributed by atoms with E-state index in [0.29, 0.717) is 12.3 Å². The molecule has 20 heavy (non-hydrogen) atoms. The van der Waals surface area contributed by atoms with Gasteiger partial charge < -0.3 is 15.6 Å². The Kier molecular flexibility index (Phi) is 9.43. The molecule has 0 atom stereocenters. The summed E-state index contributed by atoms with van der Waals surface area (Å²) < 4.78 is 4.17. The molecule has 0 fully saturated rings. The summed E-state index contributed by atoms with van der Waals surface area (Å²) in [6.07, 6.45) is 6.02. The number of hydrogen-bond acceptors (Lipinski definition) is 4. The third-order valence-corrected chi connectivity index (χ3v) is 1.94. The molecule has 1 aromatic carbocycles. The molecule has 108 valence electrons. The fourth-order valence-electron chi connectivity index (χ4n) is 1.03. The summed E-state index contributed by atoms with van der Waals surface area (Å²) >= 11 is 4.72. The SMILES string of the molecule is CCOC(=O)Cl.Nc1ccc(C=CC=CC(=O)O)cc1. The van der Waals surface area contributed by atoms with Crippen molar-refractivity contribution in [3.63, 3.8) is 0 Å². The highest BCUT2D eigenvalue weighted by atomic mass is 35.5. The third-order valence-electron chi connectivity index (χ3n) is 1.83. The number of carboxylic acids is 1. The minimum absolute atomic E-state index is 0.350. The molecule has 0 saturated carbocycles. The molecule has 0 radical (unpaired) electrons. The predicted molar refractivity (Wildman–Crippen MR) is 79.5 cm³/mol. The van der Waals surface area contributed by atoms with Crippen LogP contribution in [0.1, 0.15) is 12.5 Å². The summed E-state index contributed by atoms with van der Waals surface area (Å²) in [4.78, 5) is 19.7. The minimum Gasteiger partial charge on any atom is -0.478 e. The van der Waals surface area contributed by atoms with E-state index in [4.69, 9.17) is 22.4 Å². The van der Waals surface area contributed by atoms with Crippen LogP contribution in [0.5, 0.6) is 0 Å². The van der Waals surface area contributed by atoms with Crippen molar-refractivity contribution in [1.29, 1.82) is 0 Å². The standard InChI is InChI=1S/C11H11NO2.C3H5ClO2/c12-10-7-5-9(6-8-10)3-1-2-4-11(13)14;1-2-6-3(4)5/h1-8H,12H2,(H,13,14);2H2,1H3. The summed E-state index contributed by atoms with van der Waals surface area (Å²) in [5.74, 6) is -0.952. The first-order chi connectivity index (χ1) is 9.45. The molecular weight excluding hydrogens is 282 g/mol. The lowest BCUT2D eigenvalue weighted by atomic mass is 10.2. The molecule has 0 saturated heterocycles. The van der Waals surface area contributed by atoms with E-state index in [2.05, 4.69) is 4.74 Å². The predicted octanol–water partition coefficient (Wildman–Crippen LogP) is 3.30. The van der Waals surface area contributed by atoms with E-state index in [0.717, 1.165) is 11.6 Å². The number of aliphatic carboxylic acids is 1. The first-order valence-electron chi connectivity index (χ1n) is 5.71. The summed E-state index contributed by atoms with van der Waals surface area (Å²) in [6, 6.07) is 7.31. The van der Waals surface area contributed by atoms with Gasteiger partial charge in [-0.1, -0.05) is 30.4 Å². The molecule has 0 aliphatic carbocycles. The molecule has 0 unspecified atom stereocenters. The number of halogens is 1. The molecule has 0 amide bonds. The molecule has 5 nitrogen and oxygen atoms in total. The summed E-state index contributed by atoms with van der Waals surface area (Å²) in [6.45, 7) is 2.04. The van der Waals surface area contributed by atoms with Crippen LogP contribution in [0.2, 0.25) is 0 Å². The number of rotatable bonds is 4. The molecule has 3 N–H and O–H groups in total. The zero-order valence-electron chi connectivity index (χ0n) is 11.0. The van der Waals surface area contributed by atoms with E-state index in [1.54, 1.807) is 31.2 Å². The monoisotopic (exact) mass is 297 g/mol. The summed E-state index contributed by atoms with van der Waals surface area (Å²) in [5, 5.41) is 8.31. The Hall–Kier alpha value is -2.27. The smallest absolute Gasteiger partial charge is 0.403 e. The van der Waals surface area contributed by atoms with Crippen LogP contribution in [0, 0.1) is 0 Å². The van der Waals surface area contributed by atoms with Gasteiger partial charge in [0.15, 0.2) is 0 Å². The van der Waals surface area contributed by atoms with E-state index in [-0.39, 0.29) is 0 Å². The van der Waals surface area contributed by atoms with Crippen molar-refractivity contribution >= 4 is 34.8 Å². The van der Waals surface area contributed by atoms with Crippen LogP contribution in [0.15, 0.2) is 42.5 Å². The van der Waals surface area contributed by atoms with Crippen molar-refractivity contribution in [2.75, 3.05) is 12.3 Å². The van der Waals surface area contributed by atoms with E-state index < -0.39 is 11.4 Å². The number of allylic oxidation sites excluding steroid dienone is 2. The second-order valence-electron chi connectivity index (χ2n) is 3.39. The number of ether oxygens (including phenoxy) is 1. The molecule has 1 rings (SSSR count). The maximum absolute atomic E-state index is 10.1. The van der Waals surface area contributed by atoms with Gasteiger partial charge in [-0.05, 0) is 24.6 Å². The third kappa shape index (κ3) is 10.9. The number of anilines is 1. The van der Waals surface area contributed by atoms with Gasteiger partial charge in [0.05, 0.1) is 6.61 Å². The van der Waals surface area contributed by atoms with Crippen molar-refractivity contribution in [1.82, 2.24) is 0 Å². The molecule has 0 aliphatic heterocycles. The zero-order valence-corrected chi connectivity index (χ0v) is 11.7. The number of hydrogen-bond donors (Lipinski definition) is 2. The van der Waals surface area contributed by atoms with Crippen LogP contribution in [-0.2, 0) is 9.53 Å². The van der Waals surface area contributed by atoms with Gasteiger partial charge in [-0.2, -0.15) is 0 Å².